The molecule has 0 spiro atoms. The highest BCUT2D eigenvalue weighted by Crippen LogP contribution is 2.32. The summed E-state index contributed by atoms with van der Waals surface area (Å²) < 4.78 is 14.8. The van der Waals surface area contributed by atoms with Crippen molar-refractivity contribution in [1.29, 1.82) is 0 Å². The Kier molecular flexibility index (Phi) is 5.82. The number of benzene rings is 1. The Balaban J connectivity index is 1.80. The van der Waals surface area contributed by atoms with Crippen LogP contribution in [0.4, 0.5) is 0 Å². The van der Waals surface area contributed by atoms with Crippen molar-refractivity contribution >= 4 is 16.7 Å². The van der Waals surface area contributed by atoms with E-state index in [9.17, 15) is 0 Å². The van der Waals surface area contributed by atoms with Crippen molar-refractivity contribution in [3.63, 3.8) is 0 Å². The van der Waals surface area contributed by atoms with Gasteiger partial charge in [0.25, 0.3) is 0 Å². The smallest absolute Gasteiger partial charge is 0.182 e. The molecule has 0 unspecified atom stereocenters. The van der Waals surface area contributed by atoms with Gasteiger partial charge in [0.2, 0.25) is 0 Å². The topological polar surface area (TPSA) is 69.7 Å². The van der Waals surface area contributed by atoms with Crippen LogP contribution >= 0.6 is 0 Å². The molecule has 31 heavy (non-hydrogen) atoms. The highest BCUT2D eigenvalue weighted by molar-refractivity contribution is 5.94. The Morgan fingerprint density at radius 3 is 2.42 bits per heavy atom. The molecule has 8 heteroatoms. The highest BCUT2D eigenvalue weighted by Gasteiger charge is 2.19. The highest BCUT2D eigenvalue weighted by atomic mass is 16.5. The molecule has 3 heterocycles. The Morgan fingerprint density at radius 2 is 1.74 bits per heavy atom. The van der Waals surface area contributed by atoms with E-state index >= 15 is 0 Å². The minimum Gasteiger partial charge on any atom is -0.493 e. The number of hydrogen-bond acceptors (Lipinski definition) is 6. The lowest BCUT2D eigenvalue weighted by Crippen LogP contribution is -2.27. The van der Waals surface area contributed by atoms with Crippen LogP contribution in [-0.2, 0) is 6.54 Å². The van der Waals surface area contributed by atoms with Gasteiger partial charge in [-0.2, -0.15) is 0 Å². The first-order valence-electron chi connectivity index (χ1n) is 10.7. The predicted molar refractivity (Wildman–Crippen MR) is 122 cm³/mol. The predicted octanol–water partition coefficient (Wildman–Crippen LogP) is 3.72. The summed E-state index contributed by atoms with van der Waals surface area (Å²) in [5.74, 6) is 1.95. The van der Waals surface area contributed by atoms with E-state index < -0.39 is 0 Å². The van der Waals surface area contributed by atoms with E-state index in [1.54, 1.807) is 25.1 Å². The molecule has 4 aromatic rings. The maximum Gasteiger partial charge on any atom is 0.182 e. The lowest BCUT2D eigenvalue weighted by Gasteiger charge is -2.19. The molecule has 0 atom stereocenters. The van der Waals surface area contributed by atoms with Crippen molar-refractivity contribution in [2.24, 2.45) is 0 Å². The maximum atomic E-state index is 5.44. The fourth-order valence-electron chi connectivity index (χ4n) is 4.08. The molecule has 164 valence electrons. The van der Waals surface area contributed by atoms with Crippen LogP contribution in [0.15, 0.2) is 24.5 Å². The fraction of sp³-hybridized carbons (Fsp3) is 0.435. The number of methoxy groups -OCH3 is 2. The summed E-state index contributed by atoms with van der Waals surface area (Å²) in [5, 5.41) is 5.73. The summed E-state index contributed by atoms with van der Waals surface area (Å²) in [5.41, 5.74) is 5.06. The zero-order valence-corrected chi connectivity index (χ0v) is 19.1. The zero-order valence-electron chi connectivity index (χ0n) is 19.1. The molecule has 0 amide bonds. The van der Waals surface area contributed by atoms with E-state index in [2.05, 4.69) is 42.3 Å². The van der Waals surface area contributed by atoms with Crippen LogP contribution in [0.5, 0.6) is 11.5 Å². The van der Waals surface area contributed by atoms with E-state index in [1.165, 1.54) is 11.3 Å². The molecule has 8 nitrogen and oxygen atoms in total. The summed E-state index contributed by atoms with van der Waals surface area (Å²) in [4.78, 5) is 12.0. The quantitative estimate of drug-likeness (QED) is 0.431. The van der Waals surface area contributed by atoms with Gasteiger partial charge in [-0.25, -0.2) is 14.5 Å². The molecule has 0 bridgehead atoms. The van der Waals surface area contributed by atoms with Gasteiger partial charge in [-0.15, -0.1) is 5.10 Å². The van der Waals surface area contributed by atoms with Gasteiger partial charge >= 0.3 is 0 Å². The molecular formula is C23H30N6O2. The number of ether oxygens (including phenoxy) is 2. The number of nitrogens with zero attached hydrogens (tertiary/aromatic N) is 6. The van der Waals surface area contributed by atoms with Crippen LogP contribution < -0.4 is 9.47 Å². The first-order valence-corrected chi connectivity index (χ1v) is 10.7. The number of aryl methyl sites for hydroxylation is 1. The van der Waals surface area contributed by atoms with Crippen LogP contribution in [0.1, 0.15) is 25.1 Å². The largest absolute Gasteiger partial charge is 0.493 e. The van der Waals surface area contributed by atoms with Crippen molar-refractivity contribution in [3.05, 3.63) is 35.8 Å². The Bertz CT molecular complexity index is 1220. The molecule has 0 saturated carbocycles. The molecule has 0 aliphatic carbocycles. The molecular weight excluding hydrogens is 392 g/mol. The molecule has 0 aliphatic heterocycles. The van der Waals surface area contributed by atoms with Crippen LogP contribution in [0.2, 0.25) is 0 Å². The first-order chi connectivity index (χ1) is 15.0. The third-order valence-electron chi connectivity index (χ3n) is 6.12. The normalized spacial score (nSPS) is 11.7. The first kappa shape index (κ1) is 21.1. The van der Waals surface area contributed by atoms with Crippen LogP contribution in [0.3, 0.4) is 0 Å². The van der Waals surface area contributed by atoms with Gasteiger partial charge < -0.3 is 18.9 Å². The fourth-order valence-corrected chi connectivity index (χ4v) is 4.08. The van der Waals surface area contributed by atoms with Crippen LogP contribution in [0.25, 0.3) is 28.1 Å². The average molecular weight is 423 g/mol. The third-order valence-corrected chi connectivity index (χ3v) is 6.12. The molecule has 0 fully saturated rings. The summed E-state index contributed by atoms with van der Waals surface area (Å²) >= 11 is 0. The number of rotatable bonds is 8. The van der Waals surface area contributed by atoms with Gasteiger partial charge in [-0.05, 0) is 50.7 Å². The van der Waals surface area contributed by atoms with E-state index in [-0.39, 0.29) is 0 Å². The van der Waals surface area contributed by atoms with Crippen LogP contribution in [0, 0.1) is 13.8 Å². The van der Waals surface area contributed by atoms with Gasteiger partial charge in [0.1, 0.15) is 12.0 Å². The second kappa shape index (κ2) is 8.55. The van der Waals surface area contributed by atoms with Gasteiger partial charge in [0, 0.05) is 24.3 Å². The van der Waals surface area contributed by atoms with Crippen molar-refractivity contribution in [1.82, 2.24) is 29.0 Å². The standard InChI is InChI=1S/C23H30N6O2/c1-7-27(8-2)11-12-28-16(4)15(3)20-22(28)24-14-29-23(20)25-21(26-29)17-9-10-18(30-5)19(13-17)31-6/h9-10,13-14H,7-8,11-12H2,1-6H3. The van der Waals surface area contributed by atoms with E-state index in [1.807, 2.05) is 18.2 Å². The molecule has 4 rings (SSSR count). The van der Waals surface area contributed by atoms with E-state index in [0.29, 0.717) is 17.3 Å². The summed E-state index contributed by atoms with van der Waals surface area (Å²) in [6.45, 7) is 12.7. The van der Waals surface area contributed by atoms with Crippen molar-refractivity contribution in [2.45, 2.75) is 34.2 Å². The van der Waals surface area contributed by atoms with E-state index in [4.69, 9.17) is 19.4 Å². The van der Waals surface area contributed by atoms with Crippen molar-refractivity contribution in [3.8, 4) is 22.9 Å². The number of aromatic nitrogens is 5. The molecule has 3 aromatic heterocycles. The van der Waals surface area contributed by atoms with Crippen molar-refractivity contribution in [2.75, 3.05) is 33.9 Å². The minimum absolute atomic E-state index is 0.628. The maximum absolute atomic E-state index is 5.44. The molecule has 0 radical (unpaired) electrons. The lowest BCUT2D eigenvalue weighted by atomic mass is 10.2. The molecule has 0 aliphatic rings. The number of hydrogen-bond donors (Lipinski definition) is 0. The van der Waals surface area contributed by atoms with Gasteiger partial charge in [-0.1, -0.05) is 13.8 Å². The third kappa shape index (κ3) is 3.61. The summed E-state index contributed by atoms with van der Waals surface area (Å²) in [6.07, 6.45) is 1.75. The SMILES string of the molecule is CCN(CC)CCn1c(C)c(C)c2c1ncn1nc(-c3ccc(OC)c(OC)c3)nc21. The number of likely N-dealkylation sites (N-methyl/N-ethyl adjacent to an activating group) is 1. The van der Waals surface area contributed by atoms with Gasteiger partial charge in [-0.3, -0.25) is 0 Å². The van der Waals surface area contributed by atoms with Gasteiger partial charge in [0.05, 0.1) is 19.6 Å². The van der Waals surface area contributed by atoms with Crippen molar-refractivity contribution < 1.29 is 9.47 Å². The monoisotopic (exact) mass is 422 g/mol. The number of fused-ring (bicyclic) bond motifs is 3. The molecule has 1 aromatic carbocycles. The second-order valence-electron chi connectivity index (χ2n) is 7.61. The van der Waals surface area contributed by atoms with E-state index in [0.717, 1.165) is 48.4 Å². The minimum atomic E-state index is 0.628. The zero-order chi connectivity index (χ0) is 22.1. The molecule has 0 saturated heterocycles. The Hall–Kier alpha value is -3.13. The second-order valence-corrected chi connectivity index (χ2v) is 7.61. The Labute approximate surface area is 182 Å². The van der Waals surface area contributed by atoms with Gasteiger partial charge in [0.15, 0.2) is 23.0 Å². The lowest BCUT2D eigenvalue weighted by molar-refractivity contribution is 0.291. The average Bonchev–Trinajstić information content (AvgIpc) is 3.33. The Morgan fingerprint density at radius 1 is 1.00 bits per heavy atom. The summed E-state index contributed by atoms with van der Waals surface area (Å²) in [6, 6.07) is 5.70. The molecule has 0 N–H and O–H groups in total. The summed E-state index contributed by atoms with van der Waals surface area (Å²) in [7, 11) is 3.25. The van der Waals surface area contributed by atoms with Crippen LogP contribution in [-0.4, -0.2) is 62.9 Å².